The molecule has 0 bridgehead atoms. The molecule has 1 amide bonds. The first kappa shape index (κ1) is 24.0. The van der Waals surface area contributed by atoms with E-state index in [-0.39, 0.29) is 11.3 Å². The lowest BCUT2D eigenvalue weighted by molar-refractivity contribution is -0.384. The number of hydrogen-bond donors (Lipinski definition) is 0. The van der Waals surface area contributed by atoms with Crippen molar-refractivity contribution in [2.45, 2.75) is 27.3 Å². The summed E-state index contributed by atoms with van der Waals surface area (Å²) >= 11 is 1.27. The quantitative estimate of drug-likeness (QED) is 0.240. The maximum Gasteiger partial charge on any atom is 0.279 e. The van der Waals surface area contributed by atoms with E-state index in [4.69, 9.17) is 14.2 Å². The minimum absolute atomic E-state index is 0.0368. The second-order valence-electron chi connectivity index (χ2n) is 6.71. The standard InChI is InChI=1S/C23H25N3O6S/c1-5-11-25-17-14-16(26(28)29)9-10-20(17)33-23(25)24-22(27)15-12-18(30-6-2)21(32-8-4)19(13-15)31-7-3/h5,9-10,12-14H,1,6-8,11H2,2-4H3. The number of amides is 1. The molecule has 2 aromatic carbocycles. The van der Waals surface area contributed by atoms with Crippen LogP contribution in [0.3, 0.4) is 0 Å². The Kier molecular flexibility index (Phi) is 7.83. The van der Waals surface area contributed by atoms with Crippen LogP contribution >= 0.6 is 11.3 Å². The number of carbonyl (C=O) groups is 1. The van der Waals surface area contributed by atoms with Gasteiger partial charge in [-0.3, -0.25) is 14.9 Å². The molecule has 1 aromatic heterocycles. The molecule has 1 heterocycles. The highest BCUT2D eigenvalue weighted by atomic mass is 32.1. The lowest BCUT2D eigenvalue weighted by atomic mass is 10.1. The van der Waals surface area contributed by atoms with Crippen molar-refractivity contribution in [3.8, 4) is 17.2 Å². The first-order valence-corrected chi connectivity index (χ1v) is 11.3. The molecule has 9 nitrogen and oxygen atoms in total. The van der Waals surface area contributed by atoms with Gasteiger partial charge in [-0.25, -0.2) is 0 Å². The summed E-state index contributed by atoms with van der Waals surface area (Å²) in [5.41, 5.74) is 0.849. The van der Waals surface area contributed by atoms with Crippen molar-refractivity contribution in [2.75, 3.05) is 19.8 Å². The summed E-state index contributed by atoms with van der Waals surface area (Å²) in [6.07, 6.45) is 1.64. The highest BCUT2D eigenvalue weighted by molar-refractivity contribution is 7.16. The van der Waals surface area contributed by atoms with Gasteiger partial charge in [-0.15, -0.1) is 6.58 Å². The predicted octanol–water partition coefficient (Wildman–Crippen LogP) is 4.73. The van der Waals surface area contributed by atoms with Gasteiger partial charge < -0.3 is 18.8 Å². The third-order valence-corrected chi connectivity index (χ3v) is 5.60. The SMILES string of the molecule is C=CCn1c(=NC(=O)c2cc(OCC)c(OCC)c(OCC)c2)sc2ccc([N+](=O)[O-])cc21. The molecule has 10 heteroatoms. The van der Waals surface area contributed by atoms with E-state index in [1.54, 1.807) is 28.8 Å². The van der Waals surface area contributed by atoms with Crippen molar-refractivity contribution in [2.24, 2.45) is 4.99 Å². The van der Waals surface area contributed by atoms with Gasteiger partial charge in [0.2, 0.25) is 5.75 Å². The topological polar surface area (TPSA) is 105 Å². The summed E-state index contributed by atoms with van der Waals surface area (Å²) in [4.78, 5) is 28.6. The molecule has 0 aliphatic heterocycles. The van der Waals surface area contributed by atoms with Crippen LogP contribution in [0.4, 0.5) is 5.69 Å². The summed E-state index contributed by atoms with van der Waals surface area (Å²) in [5.74, 6) is 0.733. The van der Waals surface area contributed by atoms with Crippen molar-refractivity contribution < 1.29 is 23.9 Å². The molecule has 0 spiro atoms. The predicted molar refractivity (Wildman–Crippen MR) is 127 cm³/mol. The van der Waals surface area contributed by atoms with E-state index in [2.05, 4.69) is 11.6 Å². The van der Waals surface area contributed by atoms with Crippen LogP contribution in [-0.2, 0) is 6.54 Å². The zero-order valence-corrected chi connectivity index (χ0v) is 19.5. The number of aromatic nitrogens is 1. The number of ether oxygens (including phenoxy) is 3. The number of nitro benzene ring substituents is 1. The van der Waals surface area contributed by atoms with Crippen molar-refractivity contribution >= 4 is 33.1 Å². The maximum absolute atomic E-state index is 13.1. The van der Waals surface area contributed by atoms with Crippen LogP contribution in [0.15, 0.2) is 48.0 Å². The van der Waals surface area contributed by atoms with E-state index < -0.39 is 10.8 Å². The molecular formula is C23H25N3O6S. The van der Waals surface area contributed by atoms with Crippen LogP contribution in [0, 0.1) is 10.1 Å². The molecule has 0 fully saturated rings. The number of nitrogens with zero attached hydrogens (tertiary/aromatic N) is 3. The Balaban J connectivity index is 2.15. The Morgan fingerprint density at radius 1 is 1.12 bits per heavy atom. The van der Waals surface area contributed by atoms with Crippen molar-refractivity contribution in [3.05, 3.63) is 63.5 Å². The van der Waals surface area contributed by atoms with Crippen LogP contribution in [0.2, 0.25) is 0 Å². The van der Waals surface area contributed by atoms with Crippen molar-refractivity contribution in [1.82, 2.24) is 4.57 Å². The smallest absolute Gasteiger partial charge is 0.279 e. The summed E-state index contributed by atoms with van der Waals surface area (Å²) in [6, 6.07) is 7.71. The molecule has 0 radical (unpaired) electrons. The average molecular weight is 472 g/mol. The fraction of sp³-hybridized carbons (Fsp3) is 0.304. The van der Waals surface area contributed by atoms with Gasteiger partial charge in [0.25, 0.3) is 11.6 Å². The molecule has 0 aliphatic carbocycles. The third-order valence-electron chi connectivity index (χ3n) is 4.54. The van der Waals surface area contributed by atoms with Crippen molar-refractivity contribution in [1.29, 1.82) is 0 Å². The number of benzene rings is 2. The van der Waals surface area contributed by atoms with Gasteiger partial charge >= 0.3 is 0 Å². The zero-order valence-electron chi connectivity index (χ0n) is 18.7. The van der Waals surface area contributed by atoms with Crippen molar-refractivity contribution in [3.63, 3.8) is 0 Å². The summed E-state index contributed by atoms with van der Waals surface area (Å²) in [7, 11) is 0. The molecule has 33 heavy (non-hydrogen) atoms. The van der Waals surface area contributed by atoms with E-state index in [0.717, 1.165) is 4.70 Å². The molecule has 0 N–H and O–H groups in total. The number of carbonyl (C=O) groups excluding carboxylic acids is 1. The first-order chi connectivity index (χ1) is 15.9. The Bertz CT molecular complexity index is 1230. The second kappa shape index (κ2) is 10.8. The third kappa shape index (κ3) is 5.23. The van der Waals surface area contributed by atoms with Gasteiger partial charge in [-0.05, 0) is 39.0 Å². The summed E-state index contributed by atoms with van der Waals surface area (Å²) in [5, 5.41) is 11.2. The Labute approximate surface area is 194 Å². The Morgan fingerprint density at radius 2 is 1.76 bits per heavy atom. The fourth-order valence-corrected chi connectivity index (χ4v) is 4.24. The van der Waals surface area contributed by atoms with E-state index in [0.29, 0.717) is 53.9 Å². The molecule has 0 saturated heterocycles. The number of allylic oxidation sites excluding steroid dienone is 1. The molecule has 3 rings (SSSR count). The lowest BCUT2D eigenvalue weighted by Gasteiger charge is -2.16. The normalized spacial score (nSPS) is 11.4. The number of fused-ring (bicyclic) bond motifs is 1. The molecule has 3 aromatic rings. The second-order valence-corrected chi connectivity index (χ2v) is 7.72. The Hall–Kier alpha value is -3.66. The van der Waals surface area contributed by atoms with E-state index in [1.165, 1.54) is 23.5 Å². The fourth-order valence-electron chi connectivity index (χ4n) is 3.23. The first-order valence-electron chi connectivity index (χ1n) is 10.5. The number of thiazole rings is 1. The highest BCUT2D eigenvalue weighted by Gasteiger charge is 2.19. The van der Waals surface area contributed by atoms with Crippen LogP contribution in [0.5, 0.6) is 17.2 Å². The van der Waals surface area contributed by atoms with Gasteiger partial charge in [0, 0.05) is 24.2 Å². The Morgan fingerprint density at radius 3 is 2.30 bits per heavy atom. The van der Waals surface area contributed by atoms with Gasteiger partial charge in [0.1, 0.15) is 0 Å². The van der Waals surface area contributed by atoms with Crippen LogP contribution in [0.25, 0.3) is 10.2 Å². The molecule has 0 aliphatic rings. The van der Waals surface area contributed by atoms with E-state index >= 15 is 0 Å². The van der Waals surface area contributed by atoms with Crippen LogP contribution in [-0.4, -0.2) is 35.2 Å². The van der Waals surface area contributed by atoms with Crippen LogP contribution < -0.4 is 19.0 Å². The largest absolute Gasteiger partial charge is 0.490 e. The van der Waals surface area contributed by atoms with E-state index in [9.17, 15) is 14.9 Å². The average Bonchev–Trinajstić information content (AvgIpc) is 3.12. The maximum atomic E-state index is 13.1. The molecule has 174 valence electrons. The number of rotatable bonds is 10. The van der Waals surface area contributed by atoms with Gasteiger partial charge in [0.05, 0.1) is 35.0 Å². The monoisotopic (exact) mass is 471 g/mol. The van der Waals surface area contributed by atoms with Gasteiger partial charge in [-0.2, -0.15) is 4.99 Å². The van der Waals surface area contributed by atoms with Crippen LogP contribution in [0.1, 0.15) is 31.1 Å². The zero-order chi connectivity index (χ0) is 24.0. The number of non-ortho nitro benzene ring substituents is 1. The van der Waals surface area contributed by atoms with Gasteiger partial charge in [-0.1, -0.05) is 17.4 Å². The number of hydrogen-bond acceptors (Lipinski definition) is 7. The molecular weight excluding hydrogens is 446 g/mol. The summed E-state index contributed by atoms with van der Waals surface area (Å²) in [6.45, 7) is 10.8. The number of nitro groups is 1. The molecule has 0 unspecified atom stereocenters. The van der Waals surface area contributed by atoms with Gasteiger partial charge in [0.15, 0.2) is 16.3 Å². The minimum atomic E-state index is -0.501. The highest BCUT2D eigenvalue weighted by Crippen LogP contribution is 2.39. The van der Waals surface area contributed by atoms with E-state index in [1.807, 2.05) is 20.8 Å². The summed E-state index contributed by atoms with van der Waals surface area (Å²) < 4.78 is 19.5. The lowest BCUT2D eigenvalue weighted by Crippen LogP contribution is -2.16. The molecule has 0 atom stereocenters. The minimum Gasteiger partial charge on any atom is -0.490 e. The molecule has 0 saturated carbocycles.